The van der Waals surface area contributed by atoms with Crippen molar-refractivity contribution in [1.29, 1.82) is 0 Å². The van der Waals surface area contributed by atoms with E-state index in [1.54, 1.807) is 25.4 Å². The molecule has 0 radical (unpaired) electrons. The first-order chi connectivity index (χ1) is 15.1. The first-order valence-corrected chi connectivity index (χ1v) is 10.3. The van der Waals surface area contributed by atoms with Crippen LogP contribution in [0.3, 0.4) is 0 Å². The zero-order valence-corrected chi connectivity index (χ0v) is 17.4. The van der Waals surface area contributed by atoms with Crippen LogP contribution in [-0.4, -0.2) is 45.8 Å². The van der Waals surface area contributed by atoms with Gasteiger partial charge in [0.05, 0.1) is 36.3 Å². The summed E-state index contributed by atoms with van der Waals surface area (Å²) in [5.41, 5.74) is 4.00. The van der Waals surface area contributed by atoms with Gasteiger partial charge in [-0.05, 0) is 43.0 Å². The van der Waals surface area contributed by atoms with Crippen LogP contribution in [0.25, 0.3) is 33.3 Å². The van der Waals surface area contributed by atoms with E-state index in [1.165, 1.54) is 7.11 Å². The molecule has 4 aromatic rings. The van der Waals surface area contributed by atoms with Crippen LogP contribution in [0, 0.1) is 5.92 Å². The molecule has 158 valence electrons. The Morgan fingerprint density at radius 3 is 2.84 bits per heavy atom. The maximum atomic E-state index is 12.2. The number of aromatic amines is 1. The van der Waals surface area contributed by atoms with Crippen molar-refractivity contribution in [2.45, 2.75) is 25.3 Å². The van der Waals surface area contributed by atoms with Crippen molar-refractivity contribution in [2.75, 3.05) is 14.2 Å². The number of rotatable bonds is 6. The highest BCUT2D eigenvalue weighted by Gasteiger charge is 2.36. The summed E-state index contributed by atoms with van der Waals surface area (Å²) in [4.78, 5) is 29.3. The van der Waals surface area contributed by atoms with Crippen molar-refractivity contribution in [3.05, 3.63) is 48.2 Å². The summed E-state index contributed by atoms with van der Waals surface area (Å²) in [7, 11) is 3.02. The van der Waals surface area contributed by atoms with Gasteiger partial charge in [-0.1, -0.05) is 12.1 Å². The van der Waals surface area contributed by atoms with Crippen molar-refractivity contribution in [2.24, 2.45) is 5.92 Å². The zero-order chi connectivity index (χ0) is 21.5. The Labute approximate surface area is 178 Å². The number of H-pyrrole nitrogens is 1. The van der Waals surface area contributed by atoms with Crippen LogP contribution >= 0.6 is 0 Å². The number of esters is 1. The number of aromatic nitrogens is 4. The molecule has 8 heteroatoms. The minimum Gasteiger partial charge on any atom is -0.469 e. The van der Waals surface area contributed by atoms with Crippen LogP contribution in [0.15, 0.2) is 42.6 Å². The zero-order valence-electron chi connectivity index (χ0n) is 17.4. The van der Waals surface area contributed by atoms with Crippen molar-refractivity contribution >= 4 is 33.8 Å². The normalized spacial score (nSPS) is 14.6. The molecule has 1 atom stereocenters. The summed E-state index contributed by atoms with van der Waals surface area (Å²) in [5.74, 6) is 0.756. The number of nitrogens with one attached hydrogen (secondary N) is 2. The van der Waals surface area contributed by atoms with E-state index >= 15 is 0 Å². The number of benzene rings is 2. The van der Waals surface area contributed by atoms with E-state index in [-0.39, 0.29) is 24.3 Å². The molecule has 1 amide bonds. The van der Waals surface area contributed by atoms with Gasteiger partial charge in [-0.15, -0.1) is 0 Å². The summed E-state index contributed by atoms with van der Waals surface area (Å²) >= 11 is 0. The van der Waals surface area contributed by atoms with Crippen molar-refractivity contribution in [1.82, 2.24) is 25.1 Å². The van der Waals surface area contributed by atoms with Crippen LogP contribution < -0.4 is 5.32 Å². The molecule has 1 fully saturated rings. The third-order valence-electron chi connectivity index (χ3n) is 5.98. The molecule has 0 spiro atoms. The number of hydrogen-bond acceptors (Lipinski definition) is 5. The number of nitrogens with zero attached hydrogens (tertiary/aromatic N) is 3. The second-order valence-electron chi connectivity index (χ2n) is 7.95. The summed E-state index contributed by atoms with van der Waals surface area (Å²) in [6.07, 6.45) is 4.19. The highest BCUT2D eigenvalue weighted by molar-refractivity contribution is 5.98. The lowest BCUT2D eigenvalue weighted by molar-refractivity contribution is -0.141. The molecule has 1 saturated carbocycles. The molecular weight excluding hydrogens is 394 g/mol. The van der Waals surface area contributed by atoms with E-state index in [0.29, 0.717) is 11.5 Å². The Bertz CT molecular complexity index is 1300. The molecule has 1 aliphatic rings. The van der Waals surface area contributed by atoms with Crippen LogP contribution in [0.2, 0.25) is 0 Å². The smallest absolute Gasteiger partial charge is 0.307 e. The number of carbonyl (C=O) groups excluding carboxylic acids is 2. The molecular formula is C23H23N5O3. The molecule has 2 aromatic heterocycles. The molecule has 8 nitrogen and oxygen atoms in total. The number of carbonyl (C=O) groups is 2. The Morgan fingerprint density at radius 2 is 2.10 bits per heavy atom. The van der Waals surface area contributed by atoms with Gasteiger partial charge in [0, 0.05) is 29.6 Å². The van der Waals surface area contributed by atoms with Gasteiger partial charge in [0.25, 0.3) is 5.91 Å². The average molecular weight is 417 g/mol. The highest BCUT2D eigenvalue weighted by Crippen LogP contribution is 2.45. The Hall–Kier alpha value is -3.68. The molecule has 31 heavy (non-hydrogen) atoms. The third kappa shape index (κ3) is 3.43. The molecule has 2 aromatic carbocycles. The fourth-order valence-corrected chi connectivity index (χ4v) is 4.20. The topological polar surface area (TPSA) is 102 Å². The number of methoxy groups -OCH3 is 1. The van der Waals surface area contributed by atoms with Gasteiger partial charge in [-0.2, -0.15) is 5.10 Å². The molecule has 0 bridgehead atoms. The van der Waals surface area contributed by atoms with Crippen molar-refractivity contribution in [3.63, 3.8) is 0 Å². The minimum atomic E-state index is -0.240. The minimum absolute atomic E-state index is 0.0595. The summed E-state index contributed by atoms with van der Waals surface area (Å²) in [6.45, 7) is 0. The van der Waals surface area contributed by atoms with Gasteiger partial charge < -0.3 is 14.6 Å². The lowest BCUT2D eigenvalue weighted by atomic mass is 10.1. The van der Waals surface area contributed by atoms with E-state index in [0.717, 1.165) is 46.2 Å². The van der Waals surface area contributed by atoms with Crippen molar-refractivity contribution < 1.29 is 14.3 Å². The fourth-order valence-electron chi connectivity index (χ4n) is 4.20. The largest absolute Gasteiger partial charge is 0.469 e. The SMILES string of the molecule is CNC(=O)c1ccc2c(c1)nc(-c1ccc3cn[nH]c3c1)n2C(CC(=O)OC)C1CC1. The number of hydrogen-bond donors (Lipinski definition) is 2. The molecule has 2 N–H and O–H groups in total. The van der Waals surface area contributed by atoms with Crippen LogP contribution in [-0.2, 0) is 9.53 Å². The second kappa shape index (κ2) is 7.54. The maximum Gasteiger partial charge on any atom is 0.307 e. The molecule has 1 unspecified atom stereocenters. The standard InChI is InChI=1S/C23H23N5O3/c1-24-23(30)15-7-8-19-18(10-15)26-22(14-5-6-16-12-25-27-17(16)9-14)28(19)20(13-3-4-13)11-21(29)31-2/h5-10,12-13,20H,3-4,11H2,1-2H3,(H,24,30)(H,25,27). The van der Waals surface area contributed by atoms with Gasteiger partial charge >= 0.3 is 5.97 Å². The molecule has 0 aliphatic heterocycles. The summed E-state index contributed by atoms with van der Waals surface area (Å²) in [5, 5.41) is 10.8. The molecule has 5 rings (SSSR count). The van der Waals surface area contributed by atoms with Gasteiger partial charge in [0.2, 0.25) is 0 Å². The molecule has 0 saturated heterocycles. The lowest BCUT2D eigenvalue weighted by Gasteiger charge is -2.21. The molecule has 2 heterocycles. The van der Waals surface area contributed by atoms with Gasteiger partial charge in [-0.3, -0.25) is 14.7 Å². The second-order valence-corrected chi connectivity index (χ2v) is 7.95. The van der Waals surface area contributed by atoms with Gasteiger partial charge in [0.15, 0.2) is 0 Å². The molecule has 1 aliphatic carbocycles. The average Bonchev–Trinajstić information content (AvgIpc) is 3.41. The first-order valence-electron chi connectivity index (χ1n) is 10.3. The summed E-state index contributed by atoms with van der Waals surface area (Å²) in [6, 6.07) is 11.5. The van der Waals surface area contributed by atoms with E-state index in [1.807, 2.05) is 24.3 Å². The Morgan fingerprint density at radius 1 is 1.26 bits per heavy atom. The monoisotopic (exact) mass is 417 g/mol. The van der Waals surface area contributed by atoms with Crippen LogP contribution in [0.4, 0.5) is 0 Å². The Kier molecular flexibility index (Phi) is 4.69. The van der Waals surface area contributed by atoms with E-state index < -0.39 is 0 Å². The van der Waals surface area contributed by atoms with Crippen LogP contribution in [0.1, 0.15) is 35.7 Å². The van der Waals surface area contributed by atoms with Crippen LogP contribution in [0.5, 0.6) is 0 Å². The summed E-state index contributed by atoms with van der Waals surface area (Å²) < 4.78 is 7.14. The highest BCUT2D eigenvalue weighted by atomic mass is 16.5. The Balaban J connectivity index is 1.72. The van der Waals surface area contributed by atoms with Gasteiger partial charge in [-0.25, -0.2) is 4.98 Å². The van der Waals surface area contributed by atoms with E-state index in [9.17, 15) is 9.59 Å². The predicted molar refractivity (Wildman–Crippen MR) is 117 cm³/mol. The fraction of sp³-hybridized carbons (Fsp3) is 0.304. The van der Waals surface area contributed by atoms with E-state index in [4.69, 9.17) is 9.72 Å². The number of fused-ring (bicyclic) bond motifs is 2. The quantitative estimate of drug-likeness (QED) is 0.468. The predicted octanol–water partition coefficient (Wildman–Crippen LogP) is 3.45. The number of imidazole rings is 1. The lowest BCUT2D eigenvalue weighted by Crippen LogP contribution is -2.18. The first kappa shape index (κ1) is 19.3. The van der Waals surface area contributed by atoms with Crippen molar-refractivity contribution in [3.8, 4) is 11.4 Å². The number of amides is 1. The maximum absolute atomic E-state index is 12.2. The van der Waals surface area contributed by atoms with E-state index in [2.05, 4.69) is 20.1 Å². The third-order valence-corrected chi connectivity index (χ3v) is 5.98. The number of ether oxygens (including phenoxy) is 1. The van der Waals surface area contributed by atoms with Gasteiger partial charge in [0.1, 0.15) is 5.82 Å².